The van der Waals surface area contributed by atoms with E-state index >= 15 is 0 Å². The zero-order valence-corrected chi connectivity index (χ0v) is 13.5. The van der Waals surface area contributed by atoms with Crippen molar-refractivity contribution in [2.45, 2.75) is 18.0 Å². The van der Waals surface area contributed by atoms with Crippen molar-refractivity contribution in [3.8, 4) is 5.75 Å². The van der Waals surface area contributed by atoms with Gasteiger partial charge in [-0.2, -0.15) is 0 Å². The fourth-order valence-electron chi connectivity index (χ4n) is 1.84. The monoisotopic (exact) mass is 370 g/mol. The Kier molecular flexibility index (Phi) is 5.00. The van der Waals surface area contributed by atoms with Gasteiger partial charge in [-0.3, -0.25) is 0 Å². The van der Waals surface area contributed by atoms with E-state index in [0.717, 1.165) is 11.1 Å². The number of benzene rings is 2. The van der Waals surface area contributed by atoms with E-state index in [-0.39, 0.29) is 10.6 Å². The predicted octanol–water partition coefficient (Wildman–Crippen LogP) is 2.09. The molecule has 0 unspecified atom stereocenters. The fourth-order valence-corrected chi connectivity index (χ4v) is 2.76. The number of rotatable bonds is 5. The summed E-state index contributed by atoms with van der Waals surface area (Å²) >= 11 is 3.26. The molecule has 0 atom stereocenters. The van der Waals surface area contributed by atoms with Crippen LogP contribution in [-0.2, 0) is 23.1 Å². The summed E-state index contributed by atoms with van der Waals surface area (Å²) in [4.78, 5) is 0.0934. The number of phenols is 1. The molecule has 0 aromatic heterocycles. The van der Waals surface area contributed by atoms with E-state index in [4.69, 9.17) is 5.14 Å². The first kappa shape index (κ1) is 16.0. The number of nitrogens with one attached hydrogen (secondary N) is 1. The highest BCUT2D eigenvalue weighted by Gasteiger charge is 2.07. The van der Waals surface area contributed by atoms with E-state index in [1.165, 1.54) is 12.1 Å². The quantitative estimate of drug-likeness (QED) is 0.751. The minimum Gasteiger partial charge on any atom is -0.506 e. The summed E-state index contributed by atoms with van der Waals surface area (Å²) in [6.45, 7) is 1.05. The second-order valence-electron chi connectivity index (χ2n) is 4.54. The molecule has 0 saturated heterocycles. The Morgan fingerprint density at radius 1 is 1.10 bits per heavy atom. The molecule has 112 valence electrons. The molecule has 0 bridgehead atoms. The molecule has 0 heterocycles. The number of hydrogen-bond donors (Lipinski definition) is 3. The summed E-state index contributed by atoms with van der Waals surface area (Å²) in [5, 5.41) is 18.1. The van der Waals surface area contributed by atoms with Gasteiger partial charge in [-0.25, -0.2) is 13.6 Å². The number of nitrogens with two attached hydrogens (primary N) is 1. The zero-order chi connectivity index (χ0) is 15.5. The fraction of sp³-hybridized carbons (Fsp3) is 0.143. The van der Waals surface area contributed by atoms with Crippen LogP contribution < -0.4 is 10.5 Å². The van der Waals surface area contributed by atoms with Crippen molar-refractivity contribution >= 4 is 26.0 Å². The van der Waals surface area contributed by atoms with Gasteiger partial charge in [0.15, 0.2) is 0 Å². The Bertz CT molecular complexity index is 730. The topological polar surface area (TPSA) is 92.4 Å². The van der Waals surface area contributed by atoms with E-state index < -0.39 is 10.0 Å². The Morgan fingerprint density at radius 3 is 2.38 bits per heavy atom. The second-order valence-corrected chi connectivity index (χ2v) is 6.96. The van der Waals surface area contributed by atoms with Crippen LogP contribution in [0.1, 0.15) is 11.1 Å². The van der Waals surface area contributed by atoms with Crippen molar-refractivity contribution in [2.24, 2.45) is 5.14 Å². The van der Waals surface area contributed by atoms with Gasteiger partial charge >= 0.3 is 0 Å². The van der Waals surface area contributed by atoms with Gasteiger partial charge in [0.1, 0.15) is 5.75 Å². The normalized spacial score (nSPS) is 11.5. The molecule has 0 aliphatic heterocycles. The Labute approximate surface area is 132 Å². The summed E-state index contributed by atoms with van der Waals surface area (Å²) in [6, 6.07) is 11.8. The molecule has 0 aliphatic carbocycles. The highest BCUT2D eigenvalue weighted by molar-refractivity contribution is 9.10. The van der Waals surface area contributed by atoms with Gasteiger partial charge in [-0.1, -0.05) is 24.3 Å². The lowest BCUT2D eigenvalue weighted by molar-refractivity contribution is 0.461. The number of sulfonamides is 1. The molecule has 0 aliphatic rings. The third-order valence-corrected chi connectivity index (χ3v) is 4.54. The number of primary sulfonamides is 1. The van der Waals surface area contributed by atoms with Crippen LogP contribution in [0.15, 0.2) is 51.8 Å². The number of para-hydroxylation sites is 1. The lowest BCUT2D eigenvalue weighted by atomic mass is 10.2. The average molecular weight is 371 g/mol. The van der Waals surface area contributed by atoms with Crippen LogP contribution in [0.4, 0.5) is 0 Å². The van der Waals surface area contributed by atoms with Crippen molar-refractivity contribution in [2.75, 3.05) is 0 Å². The highest BCUT2D eigenvalue weighted by atomic mass is 79.9. The maximum atomic E-state index is 11.1. The SMILES string of the molecule is NS(=O)(=O)c1ccc(CNCc2cccc(Br)c2O)cc1. The lowest BCUT2D eigenvalue weighted by Crippen LogP contribution is -2.14. The van der Waals surface area contributed by atoms with Gasteiger partial charge in [0, 0.05) is 18.7 Å². The molecule has 4 N–H and O–H groups in total. The largest absolute Gasteiger partial charge is 0.506 e. The van der Waals surface area contributed by atoms with Crippen molar-refractivity contribution in [1.82, 2.24) is 5.32 Å². The van der Waals surface area contributed by atoms with E-state index in [9.17, 15) is 13.5 Å². The van der Waals surface area contributed by atoms with E-state index in [2.05, 4.69) is 21.2 Å². The van der Waals surface area contributed by atoms with Crippen LogP contribution in [0.5, 0.6) is 5.75 Å². The molecule has 0 amide bonds. The molecule has 2 rings (SSSR count). The van der Waals surface area contributed by atoms with Crippen LogP contribution in [0.3, 0.4) is 0 Å². The molecular weight excluding hydrogens is 356 g/mol. The summed E-state index contributed by atoms with van der Waals surface area (Å²) in [5.74, 6) is 0.217. The molecule has 2 aromatic carbocycles. The summed E-state index contributed by atoms with van der Waals surface area (Å²) in [6.07, 6.45) is 0. The van der Waals surface area contributed by atoms with E-state index in [1.807, 2.05) is 12.1 Å². The lowest BCUT2D eigenvalue weighted by Gasteiger charge is -2.08. The van der Waals surface area contributed by atoms with Crippen molar-refractivity contribution in [1.29, 1.82) is 0 Å². The smallest absolute Gasteiger partial charge is 0.238 e. The average Bonchev–Trinajstić information content (AvgIpc) is 2.43. The van der Waals surface area contributed by atoms with Crippen LogP contribution in [0.2, 0.25) is 0 Å². The van der Waals surface area contributed by atoms with Gasteiger partial charge in [0.25, 0.3) is 0 Å². The summed E-state index contributed by atoms with van der Waals surface area (Å²) in [7, 11) is -3.65. The van der Waals surface area contributed by atoms with Gasteiger partial charge in [0.05, 0.1) is 9.37 Å². The highest BCUT2D eigenvalue weighted by Crippen LogP contribution is 2.27. The minimum atomic E-state index is -3.65. The molecule has 0 radical (unpaired) electrons. The van der Waals surface area contributed by atoms with Crippen molar-refractivity contribution in [3.63, 3.8) is 0 Å². The van der Waals surface area contributed by atoms with Gasteiger partial charge in [0.2, 0.25) is 10.0 Å². The van der Waals surface area contributed by atoms with Crippen LogP contribution >= 0.6 is 15.9 Å². The van der Waals surface area contributed by atoms with Crippen LogP contribution in [0.25, 0.3) is 0 Å². The Morgan fingerprint density at radius 2 is 1.76 bits per heavy atom. The molecule has 2 aromatic rings. The van der Waals surface area contributed by atoms with Crippen molar-refractivity contribution < 1.29 is 13.5 Å². The van der Waals surface area contributed by atoms with Gasteiger partial charge in [-0.05, 0) is 39.7 Å². The number of phenolic OH excluding ortho intramolecular Hbond substituents is 1. The molecule has 7 heteroatoms. The number of hydrogen-bond acceptors (Lipinski definition) is 4. The third-order valence-electron chi connectivity index (χ3n) is 2.97. The van der Waals surface area contributed by atoms with Crippen LogP contribution in [0, 0.1) is 0 Å². The standard InChI is InChI=1S/C14H15BrN2O3S/c15-13-3-1-2-11(14(13)18)9-17-8-10-4-6-12(7-5-10)21(16,19)20/h1-7,17-18H,8-9H2,(H2,16,19,20). The molecule has 0 fully saturated rings. The van der Waals surface area contributed by atoms with E-state index in [0.29, 0.717) is 17.6 Å². The number of aromatic hydroxyl groups is 1. The van der Waals surface area contributed by atoms with Crippen molar-refractivity contribution in [3.05, 3.63) is 58.1 Å². The minimum absolute atomic E-state index is 0.0934. The predicted molar refractivity (Wildman–Crippen MR) is 84.2 cm³/mol. The van der Waals surface area contributed by atoms with Crippen LogP contribution in [-0.4, -0.2) is 13.5 Å². The molecule has 0 saturated carbocycles. The molecular formula is C14H15BrN2O3S. The Balaban J connectivity index is 1.96. The molecule has 5 nitrogen and oxygen atoms in total. The summed E-state index contributed by atoms with van der Waals surface area (Å²) in [5.41, 5.74) is 1.71. The molecule has 0 spiro atoms. The summed E-state index contributed by atoms with van der Waals surface area (Å²) < 4.78 is 22.9. The molecule has 21 heavy (non-hydrogen) atoms. The first-order valence-corrected chi connectivity index (χ1v) is 8.50. The first-order valence-electron chi connectivity index (χ1n) is 6.17. The maximum Gasteiger partial charge on any atom is 0.238 e. The number of halogens is 1. The second kappa shape index (κ2) is 6.57. The third kappa shape index (κ3) is 4.28. The maximum absolute atomic E-state index is 11.1. The van der Waals surface area contributed by atoms with Gasteiger partial charge < -0.3 is 10.4 Å². The zero-order valence-electron chi connectivity index (χ0n) is 11.1. The van der Waals surface area contributed by atoms with E-state index in [1.54, 1.807) is 18.2 Å². The van der Waals surface area contributed by atoms with Gasteiger partial charge in [-0.15, -0.1) is 0 Å². The first-order chi connectivity index (χ1) is 9.88. The Hall–Kier alpha value is -1.41.